The first-order valence-corrected chi connectivity index (χ1v) is 9.74. The normalized spacial score (nSPS) is 11.2. The molecule has 27 heavy (non-hydrogen) atoms. The van der Waals surface area contributed by atoms with Crippen LogP contribution < -0.4 is 5.76 Å². The molecular formula is C18H13BrN2O5S. The maximum absolute atomic E-state index is 12.3. The zero-order chi connectivity index (χ0) is 19.0. The number of carbonyl (C=O) groups is 1. The molecule has 0 amide bonds. The molecule has 0 aliphatic carbocycles. The van der Waals surface area contributed by atoms with Gasteiger partial charge in [-0.25, -0.2) is 9.59 Å². The first-order chi connectivity index (χ1) is 13.1. The van der Waals surface area contributed by atoms with Gasteiger partial charge in [-0.05, 0) is 36.6 Å². The van der Waals surface area contributed by atoms with Gasteiger partial charge in [0.05, 0.1) is 18.0 Å². The number of hydrogen-bond acceptors (Lipinski definition) is 7. The average Bonchev–Trinajstić information content (AvgIpc) is 3.35. The molecule has 0 saturated heterocycles. The van der Waals surface area contributed by atoms with Gasteiger partial charge in [-0.3, -0.25) is 0 Å². The molecule has 0 radical (unpaired) electrons. The molecule has 0 fully saturated rings. The fourth-order valence-corrected chi connectivity index (χ4v) is 3.70. The van der Waals surface area contributed by atoms with Crippen LogP contribution in [0.4, 0.5) is 0 Å². The van der Waals surface area contributed by atoms with Crippen molar-refractivity contribution in [3.05, 3.63) is 62.1 Å². The van der Waals surface area contributed by atoms with Crippen molar-refractivity contribution in [2.45, 2.75) is 13.5 Å². The molecule has 4 rings (SSSR count). The van der Waals surface area contributed by atoms with Gasteiger partial charge in [0.15, 0.2) is 0 Å². The summed E-state index contributed by atoms with van der Waals surface area (Å²) in [5.41, 5.74) is 1.03. The van der Waals surface area contributed by atoms with Gasteiger partial charge in [0.25, 0.3) is 5.89 Å². The molecule has 4 aromatic rings. The highest BCUT2D eigenvalue weighted by molar-refractivity contribution is 9.10. The molecule has 0 bridgehead atoms. The highest BCUT2D eigenvalue weighted by Gasteiger charge is 2.24. The fraction of sp³-hybridized carbons (Fsp3) is 0.167. The quantitative estimate of drug-likeness (QED) is 0.423. The predicted octanol–water partition coefficient (Wildman–Crippen LogP) is 4.30. The van der Waals surface area contributed by atoms with Crippen molar-refractivity contribution in [3.63, 3.8) is 0 Å². The minimum absolute atomic E-state index is 0.0192. The fourth-order valence-electron chi connectivity index (χ4n) is 2.70. The van der Waals surface area contributed by atoms with E-state index in [4.69, 9.17) is 13.6 Å². The summed E-state index contributed by atoms with van der Waals surface area (Å²) in [6.07, 6.45) is 0. The number of furan rings is 1. The largest absolute Gasteiger partial charge is 0.460 e. The Kier molecular flexibility index (Phi) is 4.71. The number of fused-ring (bicyclic) bond motifs is 1. The standard InChI is InChI=1S/C18H13BrN2O5S/c1-2-24-17(22)15-12(11-8-10(19)5-6-13(11)25-15)9-21-18(23)26-16(20-21)14-4-3-7-27-14/h3-8H,2,9H2,1H3. The van der Waals surface area contributed by atoms with E-state index >= 15 is 0 Å². The smallest absolute Gasteiger partial charge is 0.437 e. The highest BCUT2D eigenvalue weighted by Crippen LogP contribution is 2.30. The number of aromatic nitrogens is 2. The van der Waals surface area contributed by atoms with Crippen LogP contribution in [-0.2, 0) is 11.3 Å². The van der Waals surface area contributed by atoms with Crippen molar-refractivity contribution in [3.8, 4) is 10.8 Å². The second-order valence-corrected chi connectivity index (χ2v) is 7.44. The Bertz CT molecular complexity index is 1170. The molecule has 0 saturated carbocycles. The van der Waals surface area contributed by atoms with Gasteiger partial charge >= 0.3 is 11.7 Å². The minimum Gasteiger partial charge on any atom is -0.460 e. The molecule has 0 atom stereocenters. The number of benzene rings is 1. The summed E-state index contributed by atoms with van der Waals surface area (Å²) < 4.78 is 18.0. The Hall–Kier alpha value is -2.65. The molecule has 0 unspecified atom stereocenters. The predicted molar refractivity (Wildman–Crippen MR) is 103 cm³/mol. The number of thiophene rings is 1. The second-order valence-electron chi connectivity index (χ2n) is 5.58. The van der Waals surface area contributed by atoms with Crippen LogP contribution in [0.1, 0.15) is 23.0 Å². The third-order valence-corrected chi connectivity index (χ3v) is 5.21. The summed E-state index contributed by atoms with van der Waals surface area (Å²) in [7, 11) is 0. The van der Waals surface area contributed by atoms with Crippen LogP contribution in [0.25, 0.3) is 21.7 Å². The van der Waals surface area contributed by atoms with E-state index in [1.807, 2.05) is 29.6 Å². The number of rotatable bonds is 5. The Balaban J connectivity index is 1.81. The first kappa shape index (κ1) is 17.7. The van der Waals surface area contributed by atoms with Crippen LogP contribution in [0.5, 0.6) is 0 Å². The Morgan fingerprint density at radius 3 is 2.93 bits per heavy atom. The van der Waals surface area contributed by atoms with Gasteiger partial charge in [-0.2, -0.15) is 4.68 Å². The van der Waals surface area contributed by atoms with Gasteiger partial charge < -0.3 is 13.6 Å². The topological polar surface area (TPSA) is 87.5 Å². The summed E-state index contributed by atoms with van der Waals surface area (Å²) in [4.78, 5) is 25.3. The summed E-state index contributed by atoms with van der Waals surface area (Å²) in [6.45, 7) is 1.95. The van der Waals surface area contributed by atoms with E-state index in [1.165, 1.54) is 16.0 Å². The molecule has 9 heteroatoms. The number of ether oxygens (including phenoxy) is 1. The third-order valence-electron chi connectivity index (χ3n) is 3.86. The average molecular weight is 449 g/mol. The lowest BCUT2D eigenvalue weighted by molar-refractivity contribution is 0.0490. The van der Waals surface area contributed by atoms with E-state index < -0.39 is 11.7 Å². The zero-order valence-corrected chi connectivity index (χ0v) is 16.5. The minimum atomic E-state index is -0.613. The lowest BCUT2D eigenvalue weighted by atomic mass is 10.1. The van der Waals surface area contributed by atoms with Gasteiger partial charge in [0.2, 0.25) is 5.76 Å². The lowest BCUT2D eigenvalue weighted by Crippen LogP contribution is -2.18. The molecule has 0 spiro atoms. The highest BCUT2D eigenvalue weighted by atomic mass is 79.9. The van der Waals surface area contributed by atoms with Crippen molar-refractivity contribution in [2.75, 3.05) is 6.61 Å². The van der Waals surface area contributed by atoms with Crippen LogP contribution in [0.2, 0.25) is 0 Å². The van der Waals surface area contributed by atoms with Crippen LogP contribution in [-0.4, -0.2) is 22.4 Å². The summed E-state index contributed by atoms with van der Waals surface area (Å²) >= 11 is 4.83. The Morgan fingerprint density at radius 2 is 2.19 bits per heavy atom. The van der Waals surface area contributed by atoms with Crippen LogP contribution in [0, 0.1) is 0 Å². The summed E-state index contributed by atoms with van der Waals surface area (Å²) in [5.74, 6) is -0.911. The van der Waals surface area contributed by atoms with Gasteiger partial charge in [0.1, 0.15) is 5.58 Å². The molecular weight excluding hydrogens is 436 g/mol. The van der Waals surface area contributed by atoms with E-state index in [1.54, 1.807) is 13.0 Å². The van der Waals surface area contributed by atoms with Crippen LogP contribution in [0.3, 0.4) is 0 Å². The van der Waals surface area contributed by atoms with Gasteiger partial charge in [-0.15, -0.1) is 16.4 Å². The SMILES string of the molecule is CCOC(=O)c1oc2ccc(Br)cc2c1Cn1nc(-c2cccs2)oc1=O. The molecule has 7 nitrogen and oxygen atoms in total. The lowest BCUT2D eigenvalue weighted by Gasteiger charge is -2.02. The molecule has 138 valence electrons. The molecule has 3 heterocycles. The summed E-state index contributed by atoms with van der Waals surface area (Å²) in [6, 6.07) is 9.03. The van der Waals surface area contributed by atoms with E-state index in [-0.39, 0.29) is 24.8 Å². The third kappa shape index (κ3) is 3.35. The number of nitrogens with zero attached hydrogens (tertiary/aromatic N) is 2. The van der Waals surface area contributed by atoms with E-state index in [0.29, 0.717) is 16.5 Å². The maximum Gasteiger partial charge on any atom is 0.437 e. The van der Waals surface area contributed by atoms with Crippen molar-refractivity contribution in [1.82, 2.24) is 9.78 Å². The van der Waals surface area contributed by atoms with E-state index in [2.05, 4.69) is 21.0 Å². The van der Waals surface area contributed by atoms with Crippen LogP contribution >= 0.6 is 27.3 Å². The molecule has 1 aromatic carbocycles. The zero-order valence-electron chi connectivity index (χ0n) is 14.1. The van der Waals surface area contributed by atoms with Crippen LogP contribution in [0.15, 0.2) is 53.8 Å². The van der Waals surface area contributed by atoms with Gasteiger partial charge in [0, 0.05) is 15.4 Å². The molecule has 3 aromatic heterocycles. The number of carbonyl (C=O) groups excluding carboxylic acids is 1. The number of halogens is 1. The second kappa shape index (κ2) is 7.16. The van der Waals surface area contributed by atoms with E-state index in [9.17, 15) is 9.59 Å². The van der Waals surface area contributed by atoms with Crippen molar-refractivity contribution in [1.29, 1.82) is 0 Å². The van der Waals surface area contributed by atoms with E-state index in [0.717, 1.165) is 9.35 Å². The maximum atomic E-state index is 12.3. The molecule has 0 N–H and O–H groups in total. The summed E-state index contributed by atoms with van der Waals surface area (Å²) in [5, 5.41) is 6.81. The number of hydrogen-bond donors (Lipinski definition) is 0. The van der Waals surface area contributed by atoms with Crippen molar-refractivity contribution in [2.24, 2.45) is 0 Å². The first-order valence-electron chi connectivity index (χ1n) is 8.06. The van der Waals surface area contributed by atoms with Crippen molar-refractivity contribution >= 4 is 44.2 Å². The number of esters is 1. The Morgan fingerprint density at radius 1 is 1.33 bits per heavy atom. The Labute approximate surface area is 165 Å². The molecule has 0 aliphatic heterocycles. The van der Waals surface area contributed by atoms with Gasteiger partial charge in [-0.1, -0.05) is 22.0 Å². The van der Waals surface area contributed by atoms with Crippen molar-refractivity contribution < 1.29 is 18.4 Å². The molecule has 0 aliphatic rings. The monoisotopic (exact) mass is 448 g/mol.